The fourth-order valence-electron chi connectivity index (χ4n) is 1.66. The van der Waals surface area contributed by atoms with E-state index in [2.05, 4.69) is 70.0 Å². The van der Waals surface area contributed by atoms with Crippen molar-refractivity contribution in [3.63, 3.8) is 0 Å². The summed E-state index contributed by atoms with van der Waals surface area (Å²) in [6.45, 7) is 11.4. The van der Waals surface area contributed by atoms with Crippen molar-refractivity contribution in [2.75, 3.05) is 11.9 Å². The molecule has 0 saturated carbocycles. The normalized spacial score (nSPS) is 10.6. The van der Waals surface area contributed by atoms with Gasteiger partial charge < -0.3 is 5.32 Å². The van der Waals surface area contributed by atoms with Crippen LogP contribution in [0.1, 0.15) is 38.8 Å². The summed E-state index contributed by atoms with van der Waals surface area (Å²) in [6.07, 6.45) is 1.09. The Labute approximate surface area is 106 Å². The highest BCUT2D eigenvalue weighted by molar-refractivity contribution is 5.49. The van der Waals surface area contributed by atoms with E-state index in [1.165, 1.54) is 11.1 Å². The third-order valence-electron chi connectivity index (χ3n) is 2.57. The van der Waals surface area contributed by atoms with Crippen LogP contribution in [-0.2, 0) is 6.42 Å². The van der Waals surface area contributed by atoms with Crippen LogP contribution in [0.2, 0.25) is 0 Å². The number of rotatable bonds is 3. The number of anilines is 1. The average molecular weight is 229 g/mol. The molecular weight excluding hydrogens is 206 g/mol. The average Bonchev–Trinajstić information content (AvgIpc) is 2.23. The Kier molecular flexibility index (Phi) is 4.63. The monoisotopic (exact) mass is 229 g/mol. The van der Waals surface area contributed by atoms with Crippen molar-refractivity contribution in [1.29, 1.82) is 0 Å². The highest BCUT2D eigenvalue weighted by Gasteiger charge is 2.02. The molecule has 1 nitrogen and oxygen atoms in total. The van der Waals surface area contributed by atoms with Gasteiger partial charge >= 0.3 is 0 Å². The van der Waals surface area contributed by atoms with Gasteiger partial charge in [0.1, 0.15) is 0 Å². The van der Waals surface area contributed by atoms with Crippen LogP contribution >= 0.6 is 0 Å². The van der Waals surface area contributed by atoms with Gasteiger partial charge in [0.15, 0.2) is 0 Å². The zero-order chi connectivity index (χ0) is 12.9. The summed E-state index contributed by atoms with van der Waals surface area (Å²) in [5.74, 6) is 6.38. The molecule has 0 unspecified atom stereocenters. The topological polar surface area (TPSA) is 12.0 Å². The molecule has 17 heavy (non-hydrogen) atoms. The van der Waals surface area contributed by atoms with Crippen molar-refractivity contribution in [2.24, 2.45) is 5.41 Å². The van der Waals surface area contributed by atoms with Gasteiger partial charge in [-0.05, 0) is 57.4 Å². The number of benzene rings is 1. The molecule has 1 aromatic rings. The fourth-order valence-corrected chi connectivity index (χ4v) is 1.66. The van der Waals surface area contributed by atoms with E-state index in [-0.39, 0.29) is 5.41 Å². The lowest BCUT2D eigenvalue weighted by molar-refractivity contribution is 0.570. The summed E-state index contributed by atoms with van der Waals surface area (Å²) >= 11 is 0. The van der Waals surface area contributed by atoms with E-state index < -0.39 is 0 Å². The third-order valence-corrected chi connectivity index (χ3v) is 2.57. The molecule has 0 aliphatic heterocycles. The first-order valence-corrected chi connectivity index (χ1v) is 6.26. The van der Waals surface area contributed by atoms with Crippen LogP contribution in [-0.4, -0.2) is 6.54 Å². The number of hydrogen-bond donors (Lipinski definition) is 1. The molecule has 0 heterocycles. The minimum absolute atomic E-state index is 0.0870. The van der Waals surface area contributed by atoms with E-state index >= 15 is 0 Å². The maximum absolute atomic E-state index is 3.34. The van der Waals surface area contributed by atoms with Crippen LogP contribution < -0.4 is 5.32 Å². The number of hydrogen-bond acceptors (Lipinski definition) is 1. The van der Waals surface area contributed by atoms with Crippen LogP contribution in [0.3, 0.4) is 0 Å². The molecule has 0 amide bonds. The Hall–Kier alpha value is -1.42. The van der Waals surface area contributed by atoms with Crippen molar-refractivity contribution in [3.8, 4) is 11.8 Å². The molecule has 1 aromatic carbocycles. The van der Waals surface area contributed by atoms with Crippen molar-refractivity contribution in [2.45, 2.75) is 41.0 Å². The van der Waals surface area contributed by atoms with Crippen LogP contribution in [0.5, 0.6) is 0 Å². The standard InChI is InChI=1S/C16H23N/c1-6-14-8-9-15(12-13(14)2)17-11-7-10-16(3,4)5/h8-9,12,17H,6,11H2,1-5H3. The van der Waals surface area contributed by atoms with E-state index in [9.17, 15) is 0 Å². The second-order valence-corrected chi connectivity index (χ2v) is 5.40. The molecule has 0 aliphatic rings. The summed E-state index contributed by atoms with van der Waals surface area (Å²) in [6, 6.07) is 6.51. The number of nitrogens with one attached hydrogen (secondary N) is 1. The molecule has 1 heteroatoms. The Morgan fingerprint density at radius 2 is 1.94 bits per heavy atom. The predicted molar refractivity (Wildman–Crippen MR) is 76.3 cm³/mol. The fraction of sp³-hybridized carbons (Fsp3) is 0.500. The minimum Gasteiger partial charge on any atom is -0.374 e. The van der Waals surface area contributed by atoms with E-state index in [1.54, 1.807) is 0 Å². The summed E-state index contributed by atoms with van der Waals surface area (Å²) in [4.78, 5) is 0. The van der Waals surface area contributed by atoms with Gasteiger partial charge in [0.2, 0.25) is 0 Å². The quantitative estimate of drug-likeness (QED) is 0.772. The SMILES string of the molecule is CCc1ccc(NCC#CC(C)(C)C)cc1C. The zero-order valence-electron chi connectivity index (χ0n) is 11.6. The molecule has 92 valence electrons. The van der Waals surface area contributed by atoms with Gasteiger partial charge in [0, 0.05) is 11.1 Å². The van der Waals surface area contributed by atoms with Gasteiger partial charge in [-0.1, -0.05) is 24.8 Å². The van der Waals surface area contributed by atoms with Crippen molar-refractivity contribution in [1.82, 2.24) is 0 Å². The molecule has 0 radical (unpaired) electrons. The first kappa shape index (κ1) is 13.6. The molecule has 0 aromatic heterocycles. The molecule has 0 saturated heterocycles. The van der Waals surface area contributed by atoms with E-state index in [4.69, 9.17) is 0 Å². The molecule has 1 rings (SSSR count). The lowest BCUT2D eigenvalue weighted by Gasteiger charge is -2.09. The second kappa shape index (κ2) is 5.77. The van der Waals surface area contributed by atoms with Crippen molar-refractivity contribution < 1.29 is 0 Å². The van der Waals surface area contributed by atoms with Crippen molar-refractivity contribution >= 4 is 5.69 Å². The van der Waals surface area contributed by atoms with Crippen LogP contribution in [0, 0.1) is 24.2 Å². The highest BCUT2D eigenvalue weighted by Crippen LogP contribution is 2.15. The highest BCUT2D eigenvalue weighted by atomic mass is 14.8. The third kappa shape index (κ3) is 4.95. The van der Waals surface area contributed by atoms with Gasteiger partial charge in [0.25, 0.3) is 0 Å². The largest absolute Gasteiger partial charge is 0.374 e. The van der Waals surface area contributed by atoms with E-state index in [0.29, 0.717) is 6.54 Å². The Balaban J connectivity index is 2.58. The molecule has 0 atom stereocenters. The summed E-state index contributed by atoms with van der Waals surface area (Å²) in [5, 5.41) is 3.34. The smallest absolute Gasteiger partial charge is 0.0766 e. The predicted octanol–water partition coefficient (Wildman–Crippen LogP) is 4.02. The molecule has 0 bridgehead atoms. The summed E-state index contributed by atoms with van der Waals surface area (Å²) in [7, 11) is 0. The lowest BCUT2D eigenvalue weighted by Crippen LogP contribution is -2.03. The van der Waals surface area contributed by atoms with Crippen LogP contribution in [0.4, 0.5) is 5.69 Å². The molecule has 1 N–H and O–H groups in total. The first-order chi connectivity index (χ1) is 7.92. The Bertz CT molecular complexity index is 427. The first-order valence-electron chi connectivity index (χ1n) is 6.26. The van der Waals surface area contributed by atoms with Gasteiger partial charge in [-0.3, -0.25) is 0 Å². The summed E-state index contributed by atoms with van der Waals surface area (Å²) in [5.41, 5.74) is 4.00. The zero-order valence-corrected chi connectivity index (χ0v) is 11.6. The Morgan fingerprint density at radius 3 is 2.47 bits per heavy atom. The lowest BCUT2D eigenvalue weighted by atomic mass is 9.98. The summed E-state index contributed by atoms with van der Waals surface area (Å²) < 4.78 is 0. The van der Waals surface area contributed by atoms with E-state index in [0.717, 1.165) is 12.1 Å². The van der Waals surface area contributed by atoms with Crippen molar-refractivity contribution in [3.05, 3.63) is 29.3 Å². The molecule has 0 aliphatic carbocycles. The Morgan fingerprint density at radius 1 is 1.24 bits per heavy atom. The van der Waals surface area contributed by atoms with Gasteiger partial charge in [0.05, 0.1) is 6.54 Å². The van der Waals surface area contributed by atoms with Crippen LogP contribution in [0.15, 0.2) is 18.2 Å². The van der Waals surface area contributed by atoms with Gasteiger partial charge in [-0.15, -0.1) is 0 Å². The second-order valence-electron chi connectivity index (χ2n) is 5.40. The van der Waals surface area contributed by atoms with Gasteiger partial charge in [-0.25, -0.2) is 0 Å². The molecule has 0 spiro atoms. The van der Waals surface area contributed by atoms with Gasteiger partial charge in [-0.2, -0.15) is 0 Å². The molecular formula is C16H23N. The van der Waals surface area contributed by atoms with E-state index in [1.807, 2.05) is 0 Å². The van der Waals surface area contributed by atoms with Crippen LogP contribution in [0.25, 0.3) is 0 Å². The molecule has 0 fully saturated rings. The minimum atomic E-state index is 0.0870. The number of aryl methyl sites for hydroxylation is 2. The maximum atomic E-state index is 3.34. The maximum Gasteiger partial charge on any atom is 0.0766 e.